The predicted octanol–water partition coefficient (Wildman–Crippen LogP) is 3.05. The van der Waals surface area contributed by atoms with E-state index >= 15 is 0 Å². The second-order valence-corrected chi connectivity index (χ2v) is 8.07. The minimum Gasteiger partial charge on any atom is -0.493 e. The van der Waals surface area contributed by atoms with Crippen LogP contribution in [0, 0.1) is 5.92 Å². The lowest BCUT2D eigenvalue weighted by Gasteiger charge is -2.30. The molecule has 0 spiro atoms. The van der Waals surface area contributed by atoms with Gasteiger partial charge in [-0.15, -0.1) is 0 Å². The third-order valence-electron chi connectivity index (χ3n) is 6.11. The van der Waals surface area contributed by atoms with Gasteiger partial charge in [0.25, 0.3) is 0 Å². The third kappa shape index (κ3) is 4.96. The van der Waals surface area contributed by atoms with Gasteiger partial charge in [-0.25, -0.2) is 0 Å². The van der Waals surface area contributed by atoms with Crippen LogP contribution in [-0.2, 0) is 4.79 Å². The van der Waals surface area contributed by atoms with Crippen molar-refractivity contribution in [3.05, 3.63) is 52.9 Å². The molecule has 1 amide bonds. The molecule has 2 heterocycles. The van der Waals surface area contributed by atoms with Crippen LogP contribution in [0.4, 0.5) is 0 Å². The first-order chi connectivity index (χ1) is 16.0. The molecule has 0 aliphatic carbocycles. The van der Waals surface area contributed by atoms with Crippen LogP contribution in [-0.4, -0.2) is 51.3 Å². The lowest BCUT2D eigenvalue weighted by Crippen LogP contribution is -2.40. The van der Waals surface area contributed by atoms with Crippen molar-refractivity contribution in [3.8, 4) is 28.4 Å². The fourth-order valence-electron chi connectivity index (χ4n) is 4.14. The minimum atomic E-state index is -0.210. The summed E-state index contributed by atoms with van der Waals surface area (Å²) in [6, 6.07) is 10.5. The zero-order valence-corrected chi connectivity index (χ0v) is 18.8. The van der Waals surface area contributed by atoms with Crippen LogP contribution < -0.4 is 25.4 Å². The monoisotopic (exact) mass is 452 g/mol. The lowest BCUT2D eigenvalue weighted by atomic mass is 9.96. The molecule has 0 radical (unpaired) electrons. The van der Waals surface area contributed by atoms with E-state index in [-0.39, 0.29) is 17.3 Å². The van der Waals surface area contributed by atoms with Gasteiger partial charge < -0.3 is 24.4 Å². The summed E-state index contributed by atoms with van der Waals surface area (Å²) in [6.45, 7) is 2.93. The van der Waals surface area contributed by atoms with Gasteiger partial charge in [0, 0.05) is 18.5 Å². The number of methoxy groups -OCH3 is 2. The van der Waals surface area contributed by atoms with E-state index in [1.54, 1.807) is 50.6 Å². The molecule has 2 aromatic carbocycles. The van der Waals surface area contributed by atoms with Crippen molar-refractivity contribution in [1.82, 2.24) is 4.90 Å². The first-order valence-electron chi connectivity index (χ1n) is 10.9. The zero-order valence-electron chi connectivity index (χ0n) is 18.8. The van der Waals surface area contributed by atoms with Crippen molar-refractivity contribution in [2.75, 3.05) is 40.5 Å². The number of nitrogens with two attached hydrogens (primary N) is 1. The summed E-state index contributed by atoms with van der Waals surface area (Å²) in [6.07, 6.45) is 3.04. The highest BCUT2D eigenvalue weighted by atomic mass is 16.5. The van der Waals surface area contributed by atoms with Crippen LogP contribution in [0.5, 0.6) is 17.2 Å². The van der Waals surface area contributed by atoms with Crippen molar-refractivity contribution in [1.29, 1.82) is 0 Å². The van der Waals surface area contributed by atoms with E-state index in [0.29, 0.717) is 46.0 Å². The molecule has 3 aromatic rings. The van der Waals surface area contributed by atoms with E-state index in [4.69, 9.17) is 24.4 Å². The van der Waals surface area contributed by atoms with Gasteiger partial charge in [-0.2, -0.15) is 0 Å². The van der Waals surface area contributed by atoms with E-state index in [1.165, 1.54) is 6.26 Å². The van der Waals surface area contributed by atoms with E-state index in [2.05, 4.69) is 4.90 Å². The first kappa shape index (κ1) is 22.7. The summed E-state index contributed by atoms with van der Waals surface area (Å²) in [7, 11) is 3.11. The standard InChI is InChI=1S/C25H28N2O6/c1-30-21-6-3-17(13-23(21)31-2)20-15-33-22-14-18(4-5-19(22)24(20)28)32-12-11-27-9-7-16(8-10-27)25(26)29/h3-6,13-16H,7-12H2,1-2H3,(H2,26,29). The van der Waals surface area contributed by atoms with Crippen LogP contribution in [0.2, 0.25) is 0 Å². The molecule has 33 heavy (non-hydrogen) atoms. The largest absolute Gasteiger partial charge is 0.493 e. The van der Waals surface area contributed by atoms with E-state index in [1.807, 2.05) is 0 Å². The third-order valence-corrected chi connectivity index (χ3v) is 6.11. The first-order valence-corrected chi connectivity index (χ1v) is 10.9. The summed E-state index contributed by atoms with van der Waals surface area (Å²) in [4.78, 5) is 26.6. The number of hydrogen-bond acceptors (Lipinski definition) is 7. The summed E-state index contributed by atoms with van der Waals surface area (Å²) in [5, 5.41) is 0.475. The van der Waals surface area contributed by atoms with Gasteiger partial charge >= 0.3 is 0 Å². The highest BCUT2D eigenvalue weighted by Gasteiger charge is 2.22. The average Bonchev–Trinajstić information content (AvgIpc) is 2.84. The SMILES string of the molecule is COc1ccc(-c2coc3cc(OCCN4CCC(C(N)=O)CC4)ccc3c2=O)cc1OC. The fourth-order valence-corrected chi connectivity index (χ4v) is 4.14. The van der Waals surface area contributed by atoms with E-state index in [9.17, 15) is 9.59 Å². The Morgan fingerprint density at radius 2 is 1.85 bits per heavy atom. The molecule has 1 saturated heterocycles. The van der Waals surface area contributed by atoms with Gasteiger partial charge in [0.05, 0.1) is 25.2 Å². The van der Waals surface area contributed by atoms with Crippen LogP contribution >= 0.6 is 0 Å². The number of likely N-dealkylation sites (tertiary alicyclic amines) is 1. The molecule has 0 bridgehead atoms. The van der Waals surface area contributed by atoms with Gasteiger partial charge in [0.1, 0.15) is 24.2 Å². The number of benzene rings is 2. The highest BCUT2D eigenvalue weighted by Crippen LogP contribution is 2.32. The molecule has 4 rings (SSSR count). The summed E-state index contributed by atoms with van der Waals surface area (Å²) in [5.74, 6) is 1.53. The Kier molecular flexibility index (Phi) is 6.84. The second-order valence-electron chi connectivity index (χ2n) is 8.07. The number of rotatable bonds is 8. The number of fused-ring (bicyclic) bond motifs is 1. The van der Waals surface area contributed by atoms with E-state index in [0.717, 1.165) is 32.5 Å². The quantitative estimate of drug-likeness (QED) is 0.560. The molecule has 1 aliphatic rings. The summed E-state index contributed by atoms with van der Waals surface area (Å²) in [5.41, 5.74) is 6.84. The molecular weight excluding hydrogens is 424 g/mol. The van der Waals surface area contributed by atoms with Crippen LogP contribution in [0.15, 0.2) is 51.9 Å². The number of hydrogen-bond donors (Lipinski definition) is 1. The van der Waals surface area contributed by atoms with Gasteiger partial charge in [-0.3, -0.25) is 14.5 Å². The van der Waals surface area contributed by atoms with Gasteiger partial charge in [-0.05, 0) is 55.8 Å². The van der Waals surface area contributed by atoms with Crippen molar-refractivity contribution < 1.29 is 23.4 Å². The normalized spacial score (nSPS) is 14.8. The number of amides is 1. The summed E-state index contributed by atoms with van der Waals surface area (Å²) >= 11 is 0. The molecule has 0 saturated carbocycles. The second kappa shape index (κ2) is 9.95. The molecular formula is C25H28N2O6. The maximum atomic E-state index is 13.1. The number of nitrogens with zero attached hydrogens (tertiary/aromatic N) is 1. The fraction of sp³-hybridized carbons (Fsp3) is 0.360. The Labute approximate surface area is 191 Å². The molecule has 0 atom stereocenters. The van der Waals surface area contributed by atoms with Crippen LogP contribution in [0.1, 0.15) is 12.8 Å². The molecule has 8 nitrogen and oxygen atoms in total. The number of ether oxygens (including phenoxy) is 3. The molecule has 1 aromatic heterocycles. The molecule has 1 aliphatic heterocycles. The van der Waals surface area contributed by atoms with Gasteiger partial charge in [0.15, 0.2) is 16.9 Å². The Morgan fingerprint density at radius 3 is 2.55 bits per heavy atom. The Hall–Kier alpha value is -3.52. The summed E-state index contributed by atoms with van der Waals surface area (Å²) < 4.78 is 22.3. The molecule has 1 fully saturated rings. The van der Waals surface area contributed by atoms with Crippen molar-refractivity contribution in [2.24, 2.45) is 11.7 Å². The topological polar surface area (TPSA) is 104 Å². The predicted molar refractivity (Wildman–Crippen MR) is 125 cm³/mol. The highest BCUT2D eigenvalue weighted by molar-refractivity contribution is 5.83. The van der Waals surface area contributed by atoms with Gasteiger partial charge in [0.2, 0.25) is 5.91 Å². The van der Waals surface area contributed by atoms with E-state index < -0.39 is 0 Å². The van der Waals surface area contributed by atoms with Crippen LogP contribution in [0.25, 0.3) is 22.1 Å². The zero-order chi connectivity index (χ0) is 23.4. The molecule has 174 valence electrons. The Balaban J connectivity index is 1.44. The molecule has 2 N–H and O–H groups in total. The average molecular weight is 453 g/mol. The smallest absolute Gasteiger partial charge is 0.220 e. The number of piperidine rings is 1. The van der Waals surface area contributed by atoms with Gasteiger partial charge in [-0.1, -0.05) is 6.07 Å². The lowest BCUT2D eigenvalue weighted by molar-refractivity contribution is -0.123. The van der Waals surface area contributed by atoms with Crippen LogP contribution in [0.3, 0.4) is 0 Å². The molecule has 8 heteroatoms. The minimum absolute atomic E-state index is 0.0190. The molecule has 0 unspecified atom stereocenters. The Morgan fingerprint density at radius 1 is 1.09 bits per heavy atom. The van der Waals surface area contributed by atoms with Crippen molar-refractivity contribution in [3.63, 3.8) is 0 Å². The number of carbonyl (C=O) groups is 1. The maximum Gasteiger partial charge on any atom is 0.220 e. The number of carbonyl (C=O) groups excluding carboxylic acids is 1. The maximum absolute atomic E-state index is 13.1. The number of primary amides is 1. The Bertz CT molecular complexity index is 1200. The van der Waals surface area contributed by atoms with Crippen molar-refractivity contribution in [2.45, 2.75) is 12.8 Å². The van der Waals surface area contributed by atoms with Crippen molar-refractivity contribution >= 4 is 16.9 Å².